The number of pyridine rings is 1. The number of ether oxygens (including phenoxy) is 1. The van der Waals surface area contributed by atoms with Crippen LogP contribution in [0.15, 0.2) is 48.8 Å². The molecule has 154 valence electrons. The molecule has 0 aliphatic carbocycles. The Morgan fingerprint density at radius 2 is 2.03 bits per heavy atom. The van der Waals surface area contributed by atoms with E-state index in [1.165, 1.54) is 12.3 Å². The van der Waals surface area contributed by atoms with E-state index < -0.39 is 0 Å². The van der Waals surface area contributed by atoms with Gasteiger partial charge in [0.15, 0.2) is 0 Å². The molecule has 0 spiro atoms. The number of aromatic nitrogens is 1. The van der Waals surface area contributed by atoms with Crippen molar-refractivity contribution in [2.75, 3.05) is 37.5 Å². The van der Waals surface area contributed by atoms with E-state index in [0.717, 1.165) is 25.2 Å². The van der Waals surface area contributed by atoms with E-state index in [-0.39, 0.29) is 11.7 Å². The Hall–Kier alpha value is -3.19. The summed E-state index contributed by atoms with van der Waals surface area (Å²) >= 11 is 0. The molecule has 3 aromatic rings. The van der Waals surface area contributed by atoms with Crippen molar-refractivity contribution in [3.8, 4) is 5.75 Å². The van der Waals surface area contributed by atoms with Crippen molar-refractivity contribution in [1.82, 2.24) is 9.88 Å². The molecule has 2 atom stereocenters. The molecule has 3 heterocycles. The first-order chi connectivity index (χ1) is 14.5. The molecule has 5 rings (SSSR count). The van der Waals surface area contributed by atoms with Gasteiger partial charge in [0.25, 0.3) is 5.91 Å². The lowest BCUT2D eigenvalue weighted by atomic mass is 10.1. The zero-order chi connectivity index (χ0) is 20.8. The Morgan fingerprint density at radius 3 is 2.77 bits per heavy atom. The molecule has 1 N–H and O–H groups in total. The summed E-state index contributed by atoms with van der Waals surface area (Å²) < 4.78 is 19.7. The lowest BCUT2D eigenvalue weighted by Crippen LogP contribution is -2.44. The molecule has 2 aromatic carbocycles. The van der Waals surface area contributed by atoms with Gasteiger partial charge in [0.2, 0.25) is 0 Å². The van der Waals surface area contributed by atoms with Crippen molar-refractivity contribution in [1.29, 1.82) is 0 Å². The number of carbonyl (C=O) groups is 1. The molecular formula is C23H23FN4O2. The first-order valence-electron chi connectivity index (χ1n) is 10.0. The summed E-state index contributed by atoms with van der Waals surface area (Å²) in [6, 6.07) is 11.1. The standard InChI is InChI=1S/C23H23FN4O2/c1-27-12-16-10-15(27)13-28(16)21-6-3-14(9-22(21)30-2)23(29)26-20-5-4-19(24)17-7-8-25-11-18(17)20/h3-9,11,15-16H,10,12-13H2,1-2H3,(H,26,29)/t15-,16-/m1/s1. The van der Waals surface area contributed by atoms with E-state index in [0.29, 0.717) is 39.9 Å². The van der Waals surface area contributed by atoms with Gasteiger partial charge >= 0.3 is 0 Å². The third-order valence-electron chi connectivity index (χ3n) is 6.28. The topological polar surface area (TPSA) is 57.7 Å². The molecule has 0 radical (unpaired) electrons. The average Bonchev–Trinajstić information content (AvgIpc) is 3.35. The molecule has 0 unspecified atom stereocenters. The van der Waals surface area contributed by atoms with Crippen LogP contribution >= 0.6 is 0 Å². The summed E-state index contributed by atoms with van der Waals surface area (Å²) in [4.78, 5) is 21.7. The predicted octanol–water partition coefficient (Wildman–Crippen LogP) is 3.53. The van der Waals surface area contributed by atoms with Gasteiger partial charge in [0.1, 0.15) is 11.6 Å². The normalized spacial score (nSPS) is 20.7. The Labute approximate surface area is 174 Å². The number of methoxy groups -OCH3 is 1. The number of amides is 1. The Balaban J connectivity index is 1.41. The number of halogens is 1. The summed E-state index contributed by atoms with van der Waals surface area (Å²) in [6.07, 6.45) is 4.24. The number of rotatable bonds is 4. The van der Waals surface area contributed by atoms with Crippen LogP contribution < -0.4 is 15.0 Å². The summed E-state index contributed by atoms with van der Waals surface area (Å²) in [5.74, 6) is 0.0600. The predicted molar refractivity (Wildman–Crippen MR) is 115 cm³/mol. The Kier molecular flexibility index (Phi) is 4.55. The minimum atomic E-state index is -0.345. The average molecular weight is 406 g/mol. The molecule has 30 heavy (non-hydrogen) atoms. The summed E-state index contributed by atoms with van der Waals surface area (Å²) in [6.45, 7) is 2.01. The third kappa shape index (κ3) is 3.06. The van der Waals surface area contributed by atoms with E-state index >= 15 is 0 Å². The van der Waals surface area contributed by atoms with Crippen molar-refractivity contribution in [3.63, 3.8) is 0 Å². The second kappa shape index (κ2) is 7.25. The molecule has 2 bridgehead atoms. The van der Waals surface area contributed by atoms with Crippen LogP contribution in [0.4, 0.5) is 15.8 Å². The number of benzene rings is 2. The molecule has 2 fully saturated rings. The van der Waals surface area contributed by atoms with E-state index in [1.54, 1.807) is 31.5 Å². The smallest absolute Gasteiger partial charge is 0.255 e. The van der Waals surface area contributed by atoms with Crippen LogP contribution in [0.5, 0.6) is 5.75 Å². The molecule has 2 aliphatic heterocycles. The maximum Gasteiger partial charge on any atom is 0.255 e. The lowest BCUT2D eigenvalue weighted by molar-refractivity contribution is 0.102. The van der Waals surface area contributed by atoms with Gasteiger partial charge in [-0.1, -0.05) is 0 Å². The van der Waals surface area contributed by atoms with Gasteiger partial charge in [-0.3, -0.25) is 14.7 Å². The number of hydrogen-bond donors (Lipinski definition) is 1. The summed E-state index contributed by atoms with van der Waals surface area (Å²) in [7, 11) is 3.79. The highest BCUT2D eigenvalue weighted by molar-refractivity contribution is 6.09. The van der Waals surface area contributed by atoms with Gasteiger partial charge in [-0.15, -0.1) is 0 Å². The van der Waals surface area contributed by atoms with Gasteiger partial charge in [0, 0.05) is 53.9 Å². The number of fused-ring (bicyclic) bond motifs is 3. The lowest BCUT2D eigenvalue weighted by Gasteiger charge is -2.34. The minimum absolute atomic E-state index is 0.278. The van der Waals surface area contributed by atoms with Crippen LogP contribution in [0, 0.1) is 5.82 Å². The molecule has 7 heteroatoms. The molecule has 1 amide bonds. The summed E-state index contributed by atoms with van der Waals surface area (Å²) in [5.41, 5.74) is 2.02. The number of hydrogen-bond acceptors (Lipinski definition) is 5. The second-order valence-electron chi connectivity index (χ2n) is 7.99. The van der Waals surface area contributed by atoms with Gasteiger partial charge in [-0.05, 0) is 49.9 Å². The highest BCUT2D eigenvalue weighted by Gasteiger charge is 2.42. The van der Waals surface area contributed by atoms with Crippen LogP contribution in [0.25, 0.3) is 10.8 Å². The fourth-order valence-corrected chi connectivity index (χ4v) is 4.67. The van der Waals surface area contributed by atoms with Crippen molar-refractivity contribution in [2.45, 2.75) is 18.5 Å². The van der Waals surface area contributed by atoms with Crippen LogP contribution in [0.3, 0.4) is 0 Å². The first-order valence-corrected chi connectivity index (χ1v) is 10.0. The highest BCUT2D eigenvalue weighted by Crippen LogP contribution is 2.39. The molecule has 2 aliphatic rings. The number of carbonyl (C=O) groups excluding carboxylic acids is 1. The number of nitrogens with zero attached hydrogens (tertiary/aromatic N) is 3. The molecule has 0 saturated carbocycles. The van der Waals surface area contributed by atoms with Gasteiger partial charge in [-0.25, -0.2) is 4.39 Å². The molecule has 2 saturated heterocycles. The number of likely N-dealkylation sites (N-methyl/N-ethyl adjacent to an activating group) is 1. The summed E-state index contributed by atoms with van der Waals surface area (Å²) in [5, 5.41) is 3.86. The number of likely N-dealkylation sites (tertiary alicyclic amines) is 1. The van der Waals surface area contributed by atoms with E-state index in [2.05, 4.69) is 27.1 Å². The van der Waals surface area contributed by atoms with E-state index in [1.807, 2.05) is 12.1 Å². The number of anilines is 2. The largest absolute Gasteiger partial charge is 0.495 e. The van der Waals surface area contributed by atoms with Crippen molar-refractivity contribution in [2.24, 2.45) is 0 Å². The van der Waals surface area contributed by atoms with Crippen LogP contribution in [-0.2, 0) is 0 Å². The maximum absolute atomic E-state index is 14.0. The highest BCUT2D eigenvalue weighted by atomic mass is 19.1. The Morgan fingerprint density at radius 1 is 1.17 bits per heavy atom. The van der Waals surface area contributed by atoms with E-state index in [9.17, 15) is 9.18 Å². The Bertz CT molecular complexity index is 1130. The molecule has 1 aromatic heterocycles. The fraction of sp³-hybridized carbons (Fsp3) is 0.304. The third-order valence-corrected chi connectivity index (χ3v) is 6.28. The zero-order valence-corrected chi connectivity index (χ0v) is 16.9. The van der Waals surface area contributed by atoms with E-state index in [4.69, 9.17) is 4.74 Å². The second-order valence-corrected chi connectivity index (χ2v) is 7.99. The number of piperazine rings is 1. The van der Waals surface area contributed by atoms with Crippen LogP contribution in [0.1, 0.15) is 16.8 Å². The maximum atomic E-state index is 14.0. The van der Waals surface area contributed by atoms with Gasteiger partial charge in [0.05, 0.1) is 18.5 Å². The van der Waals surface area contributed by atoms with Crippen LogP contribution in [0.2, 0.25) is 0 Å². The quantitative estimate of drug-likeness (QED) is 0.718. The molecular weight excluding hydrogens is 383 g/mol. The first kappa shape index (κ1) is 18.8. The SMILES string of the molecule is COc1cc(C(=O)Nc2ccc(F)c3ccncc23)ccc1N1C[C@H]2C[C@@H]1CN2C. The minimum Gasteiger partial charge on any atom is -0.495 e. The van der Waals surface area contributed by atoms with Crippen LogP contribution in [-0.4, -0.2) is 55.1 Å². The van der Waals surface area contributed by atoms with Gasteiger partial charge < -0.3 is 15.0 Å². The van der Waals surface area contributed by atoms with Crippen molar-refractivity contribution in [3.05, 3.63) is 60.2 Å². The fourth-order valence-electron chi connectivity index (χ4n) is 4.67. The van der Waals surface area contributed by atoms with Crippen molar-refractivity contribution >= 4 is 28.1 Å². The zero-order valence-electron chi connectivity index (χ0n) is 16.9. The van der Waals surface area contributed by atoms with Crippen molar-refractivity contribution < 1.29 is 13.9 Å². The van der Waals surface area contributed by atoms with Gasteiger partial charge in [-0.2, -0.15) is 0 Å². The molecule has 6 nitrogen and oxygen atoms in total. The number of nitrogens with one attached hydrogen (secondary N) is 1. The monoisotopic (exact) mass is 406 g/mol.